The first kappa shape index (κ1) is 22.6. The van der Waals surface area contributed by atoms with Crippen molar-refractivity contribution in [1.29, 1.82) is 0 Å². The molecule has 158 valence electrons. The minimum Gasteiger partial charge on any atom is -0.334 e. The topological polar surface area (TPSA) is 57.7 Å². The van der Waals surface area contributed by atoms with Gasteiger partial charge < -0.3 is 9.80 Å². The summed E-state index contributed by atoms with van der Waals surface area (Å²) in [6, 6.07) is -0.872. The third kappa shape index (κ3) is 5.24. The second-order valence-electron chi connectivity index (χ2n) is 8.96. The highest BCUT2D eigenvalue weighted by Crippen LogP contribution is 2.30. The Morgan fingerprint density at radius 3 is 2.29 bits per heavy atom. The van der Waals surface area contributed by atoms with Gasteiger partial charge in [-0.3, -0.25) is 14.4 Å². The number of hydrogen-bond acceptors (Lipinski definition) is 3. The van der Waals surface area contributed by atoms with Gasteiger partial charge in [0.1, 0.15) is 6.04 Å². The van der Waals surface area contributed by atoms with Gasteiger partial charge in [0, 0.05) is 19.5 Å². The van der Waals surface area contributed by atoms with Gasteiger partial charge in [-0.2, -0.15) is 0 Å². The molecule has 2 atom stereocenters. The van der Waals surface area contributed by atoms with Crippen molar-refractivity contribution in [3.05, 3.63) is 11.6 Å². The Labute approximate surface area is 170 Å². The van der Waals surface area contributed by atoms with Crippen LogP contribution in [0.3, 0.4) is 0 Å². The summed E-state index contributed by atoms with van der Waals surface area (Å²) >= 11 is 0. The number of amides is 2. The van der Waals surface area contributed by atoms with E-state index < -0.39 is 12.1 Å². The highest BCUT2D eigenvalue weighted by molar-refractivity contribution is 6.01. The van der Waals surface area contributed by atoms with Crippen molar-refractivity contribution in [3.63, 3.8) is 0 Å². The van der Waals surface area contributed by atoms with E-state index in [4.69, 9.17) is 0 Å². The molecule has 2 aliphatic rings. The van der Waals surface area contributed by atoms with Gasteiger partial charge in [0.25, 0.3) is 0 Å². The molecule has 0 radical (unpaired) electrons. The van der Waals surface area contributed by atoms with Gasteiger partial charge in [0.15, 0.2) is 5.78 Å². The first-order chi connectivity index (χ1) is 13.3. The maximum atomic E-state index is 13.3. The van der Waals surface area contributed by atoms with Crippen LogP contribution >= 0.6 is 0 Å². The molecule has 5 nitrogen and oxygen atoms in total. The lowest BCUT2D eigenvalue weighted by molar-refractivity contribution is -0.148. The number of allylic oxidation sites excluding steroid dienone is 1. The highest BCUT2D eigenvalue weighted by atomic mass is 16.2. The fourth-order valence-corrected chi connectivity index (χ4v) is 4.55. The summed E-state index contributed by atoms with van der Waals surface area (Å²) in [6.45, 7) is 8.46. The molecule has 0 aromatic heterocycles. The number of nitrogens with zero attached hydrogens (tertiary/aromatic N) is 2. The number of hydrogen-bond donors (Lipinski definition) is 0. The zero-order valence-electron chi connectivity index (χ0n) is 18.4. The molecule has 0 aromatic carbocycles. The van der Waals surface area contributed by atoms with Crippen LogP contribution in [0.2, 0.25) is 0 Å². The van der Waals surface area contributed by atoms with E-state index in [-0.39, 0.29) is 23.5 Å². The van der Waals surface area contributed by atoms with Gasteiger partial charge in [-0.25, -0.2) is 0 Å². The molecule has 1 aliphatic heterocycles. The van der Waals surface area contributed by atoms with Crippen molar-refractivity contribution in [2.24, 2.45) is 11.8 Å². The fraction of sp³-hybridized carbons (Fsp3) is 0.783. The summed E-state index contributed by atoms with van der Waals surface area (Å²) < 4.78 is 0. The van der Waals surface area contributed by atoms with Gasteiger partial charge in [0.05, 0.1) is 6.04 Å². The maximum absolute atomic E-state index is 13.3. The summed E-state index contributed by atoms with van der Waals surface area (Å²) in [7, 11) is 1.73. The van der Waals surface area contributed by atoms with E-state index in [9.17, 15) is 14.4 Å². The van der Waals surface area contributed by atoms with Crippen LogP contribution in [0.5, 0.6) is 0 Å². The standard InChI is InChI=1S/C23H38N2O3/c1-6-17(4)21(26)20(15-16(2)3)24(5)23(28)19-13-10-14-25(19)22(27)18-11-8-7-9-12-18/h6,16,18-20H,7-15H2,1-5H3/t19-,20+/m0/s1. The lowest BCUT2D eigenvalue weighted by atomic mass is 9.88. The minimum atomic E-state index is -0.462. The van der Waals surface area contributed by atoms with Crippen LogP contribution in [0, 0.1) is 11.8 Å². The normalized spacial score (nSPS) is 22.4. The summed E-state index contributed by atoms with van der Waals surface area (Å²) in [5, 5.41) is 0. The van der Waals surface area contributed by atoms with Crippen LogP contribution in [-0.4, -0.2) is 53.1 Å². The second kappa shape index (κ2) is 10.2. The number of rotatable bonds is 7. The average molecular weight is 391 g/mol. The van der Waals surface area contributed by atoms with E-state index in [0.29, 0.717) is 30.9 Å². The van der Waals surface area contributed by atoms with Crippen molar-refractivity contribution in [2.45, 2.75) is 91.1 Å². The third-order valence-electron chi connectivity index (χ3n) is 6.41. The van der Waals surface area contributed by atoms with Crippen LogP contribution in [0.25, 0.3) is 0 Å². The molecule has 0 N–H and O–H groups in total. The van der Waals surface area contributed by atoms with E-state index in [1.807, 2.05) is 24.8 Å². The van der Waals surface area contributed by atoms with Gasteiger partial charge in [-0.05, 0) is 57.4 Å². The molecule has 0 bridgehead atoms. The first-order valence-corrected chi connectivity index (χ1v) is 11.0. The van der Waals surface area contributed by atoms with E-state index in [1.165, 1.54) is 6.42 Å². The predicted octanol–water partition coefficient (Wildman–Crippen LogP) is 3.97. The molecule has 28 heavy (non-hydrogen) atoms. The molecule has 1 saturated heterocycles. The number of ketones is 1. The number of likely N-dealkylation sites (N-methyl/N-ethyl adjacent to an activating group) is 1. The Balaban J connectivity index is 2.15. The number of likely N-dealkylation sites (tertiary alicyclic amines) is 1. The molecule has 0 unspecified atom stereocenters. The van der Waals surface area contributed by atoms with E-state index in [0.717, 1.165) is 32.1 Å². The van der Waals surface area contributed by atoms with E-state index in [1.54, 1.807) is 11.9 Å². The molecule has 2 fully saturated rings. The van der Waals surface area contributed by atoms with Crippen LogP contribution in [0.4, 0.5) is 0 Å². The Bertz CT molecular complexity index is 605. The first-order valence-electron chi connectivity index (χ1n) is 11.0. The van der Waals surface area contributed by atoms with Crippen LogP contribution in [0.15, 0.2) is 11.6 Å². The lowest BCUT2D eigenvalue weighted by Gasteiger charge is -2.35. The molecule has 0 spiro atoms. The third-order valence-corrected chi connectivity index (χ3v) is 6.41. The molecule has 2 amide bonds. The quantitative estimate of drug-likeness (QED) is 0.618. The SMILES string of the molecule is CC=C(C)C(=O)[C@@H](CC(C)C)N(C)C(=O)[C@@H]1CCCN1C(=O)C1CCCCC1. The summed E-state index contributed by atoms with van der Waals surface area (Å²) in [5.41, 5.74) is 0.687. The van der Waals surface area contributed by atoms with Crippen molar-refractivity contribution < 1.29 is 14.4 Å². The van der Waals surface area contributed by atoms with Crippen LogP contribution in [0.1, 0.15) is 79.1 Å². The Hall–Kier alpha value is -1.65. The molecular formula is C23H38N2O3. The zero-order chi connectivity index (χ0) is 20.8. The number of carbonyl (C=O) groups excluding carboxylic acids is 3. The molecule has 1 heterocycles. The monoisotopic (exact) mass is 390 g/mol. The second-order valence-corrected chi connectivity index (χ2v) is 8.96. The van der Waals surface area contributed by atoms with Gasteiger partial charge >= 0.3 is 0 Å². The van der Waals surface area contributed by atoms with E-state index >= 15 is 0 Å². The largest absolute Gasteiger partial charge is 0.334 e. The smallest absolute Gasteiger partial charge is 0.245 e. The van der Waals surface area contributed by atoms with Gasteiger partial charge in [-0.1, -0.05) is 39.2 Å². The molecule has 5 heteroatoms. The average Bonchev–Trinajstić information content (AvgIpc) is 3.19. The van der Waals surface area contributed by atoms with Gasteiger partial charge in [-0.15, -0.1) is 0 Å². The summed E-state index contributed by atoms with van der Waals surface area (Å²) in [5.74, 6) is 0.461. The summed E-state index contributed by atoms with van der Waals surface area (Å²) in [6.07, 6.45) is 9.32. The van der Waals surface area contributed by atoms with Crippen molar-refractivity contribution >= 4 is 17.6 Å². The van der Waals surface area contributed by atoms with Crippen molar-refractivity contribution in [2.75, 3.05) is 13.6 Å². The molecule has 1 aliphatic carbocycles. The zero-order valence-corrected chi connectivity index (χ0v) is 18.4. The van der Waals surface area contributed by atoms with E-state index in [2.05, 4.69) is 13.8 Å². The minimum absolute atomic E-state index is 0.00945. The lowest BCUT2D eigenvalue weighted by Crippen LogP contribution is -2.53. The van der Waals surface area contributed by atoms with Gasteiger partial charge in [0.2, 0.25) is 11.8 Å². The molecule has 2 rings (SSSR count). The van der Waals surface area contributed by atoms with Crippen molar-refractivity contribution in [1.82, 2.24) is 9.80 Å². The maximum Gasteiger partial charge on any atom is 0.245 e. The fourth-order valence-electron chi connectivity index (χ4n) is 4.55. The summed E-state index contributed by atoms with van der Waals surface area (Å²) in [4.78, 5) is 42.7. The molecule has 1 saturated carbocycles. The predicted molar refractivity (Wildman–Crippen MR) is 112 cm³/mol. The Kier molecular flexibility index (Phi) is 8.26. The Morgan fingerprint density at radius 1 is 1.07 bits per heavy atom. The Morgan fingerprint density at radius 2 is 1.71 bits per heavy atom. The number of Topliss-reactive ketones (excluding diaryl/α,β-unsaturated/α-hetero) is 1. The molecule has 0 aromatic rings. The highest BCUT2D eigenvalue weighted by Gasteiger charge is 2.40. The van der Waals surface area contributed by atoms with Crippen molar-refractivity contribution in [3.8, 4) is 0 Å². The van der Waals surface area contributed by atoms with Crippen LogP contribution in [-0.2, 0) is 14.4 Å². The van der Waals surface area contributed by atoms with Crippen LogP contribution < -0.4 is 0 Å². The molecular weight excluding hydrogens is 352 g/mol. The number of carbonyl (C=O) groups is 3.